The maximum absolute atomic E-state index is 3.36. The van der Waals surface area contributed by atoms with Gasteiger partial charge in [-0.1, -0.05) is 189 Å². The van der Waals surface area contributed by atoms with Crippen molar-refractivity contribution in [2.45, 2.75) is 53.4 Å². The third kappa shape index (κ3) is 4.85. The van der Waals surface area contributed by atoms with Crippen LogP contribution in [0.15, 0.2) is 159 Å². The van der Waals surface area contributed by atoms with E-state index in [2.05, 4.69) is 174 Å². The van der Waals surface area contributed by atoms with Crippen molar-refractivity contribution in [1.82, 2.24) is 0 Å². The molecular weight excluding hydrogens is 673 g/mol. The quantitative estimate of drug-likeness (QED) is 0.123. The van der Waals surface area contributed by atoms with E-state index in [4.69, 9.17) is 0 Å². The van der Waals surface area contributed by atoms with Gasteiger partial charge in [0.15, 0.2) is 0 Å². The number of benzene rings is 9. The smallest absolute Gasteiger partial charge is 0.0159 e. The van der Waals surface area contributed by atoms with E-state index in [1.54, 1.807) is 12.2 Å². The van der Waals surface area contributed by atoms with Crippen LogP contribution in [0.2, 0.25) is 0 Å². The molecule has 0 heteroatoms. The molecule has 0 radical (unpaired) electrons. The third-order valence-electron chi connectivity index (χ3n) is 12.1. The first-order valence-electron chi connectivity index (χ1n) is 20.3. The van der Waals surface area contributed by atoms with E-state index in [1.165, 1.54) is 127 Å². The molecule has 12 rings (SSSR count). The maximum atomic E-state index is 3.36. The van der Waals surface area contributed by atoms with Crippen molar-refractivity contribution in [2.75, 3.05) is 0 Å². The van der Waals surface area contributed by atoms with E-state index in [1.807, 2.05) is 13.8 Å². The summed E-state index contributed by atoms with van der Waals surface area (Å²) in [5.41, 5.74) is 19.1. The molecule has 272 valence electrons. The van der Waals surface area contributed by atoms with Gasteiger partial charge in [0, 0.05) is 5.41 Å². The lowest BCUT2D eigenvalue weighted by Gasteiger charge is -2.22. The van der Waals surface area contributed by atoms with E-state index >= 15 is 0 Å². The molecule has 0 atom stereocenters. The summed E-state index contributed by atoms with van der Waals surface area (Å²) in [7, 11) is 0. The molecule has 56 heavy (non-hydrogen) atoms. The highest BCUT2D eigenvalue weighted by Crippen LogP contribution is 2.58. The molecule has 0 unspecified atom stereocenters. The van der Waals surface area contributed by atoms with Crippen LogP contribution >= 0.6 is 0 Å². The Morgan fingerprint density at radius 3 is 1.62 bits per heavy atom. The maximum Gasteiger partial charge on any atom is 0.0159 e. The van der Waals surface area contributed by atoms with Crippen molar-refractivity contribution in [2.24, 2.45) is 0 Å². The molecule has 0 saturated heterocycles. The lowest BCUT2D eigenvalue weighted by atomic mass is 9.81. The van der Waals surface area contributed by atoms with Gasteiger partial charge in [-0.25, -0.2) is 0 Å². The molecule has 0 aliphatic heterocycles. The zero-order valence-electron chi connectivity index (χ0n) is 33.5. The fraction of sp³-hybridized carbons (Fsp3) is 0.143. The Hall–Kier alpha value is -6.24. The first-order valence-corrected chi connectivity index (χ1v) is 20.3. The van der Waals surface area contributed by atoms with Crippen LogP contribution in [0.4, 0.5) is 0 Å². The minimum atomic E-state index is -0.0171. The highest BCUT2D eigenvalue weighted by molar-refractivity contribution is 6.34. The van der Waals surface area contributed by atoms with Gasteiger partial charge in [0.2, 0.25) is 0 Å². The van der Waals surface area contributed by atoms with Crippen LogP contribution in [-0.2, 0) is 5.41 Å². The highest BCUT2D eigenvalue weighted by atomic mass is 14.4. The minimum absolute atomic E-state index is 0.0171. The normalized spacial score (nSPS) is 12.8. The largest absolute Gasteiger partial charge is 0.0991 e. The lowest BCUT2D eigenvalue weighted by Crippen LogP contribution is -2.14. The van der Waals surface area contributed by atoms with Gasteiger partial charge >= 0.3 is 0 Å². The molecule has 0 bridgehead atoms. The van der Waals surface area contributed by atoms with Gasteiger partial charge in [0.25, 0.3) is 0 Å². The Morgan fingerprint density at radius 2 is 0.911 bits per heavy atom. The van der Waals surface area contributed by atoms with Gasteiger partial charge in [-0.05, 0) is 139 Å². The second-order valence-electron chi connectivity index (χ2n) is 15.6. The number of rotatable bonds is 2. The van der Waals surface area contributed by atoms with Crippen LogP contribution < -0.4 is 0 Å². The third-order valence-corrected chi connectivity index (χ3v) is 12.1. The lowest BCUT2D eigenvalue weighted by molar-refractivity contribution is 0.660. The summed E-state index contributed by atoms with van der Waals surface area (Å²) in [5.74, 6) is 0. The van der Waals surface area contributed by atoms with E-state index in [0.29, 0.717) is 0 Å². The Kier molecular flexibility index (Phi) is 8.55. The van der Waals surface area contributed by atoms with Gasteiger partial charge in [0.1, 0.15) is 0 Å². The summed E-state index contributed by atoms with van der Waals surface area (Å²) in [6, 6.07) is 51.1. The van der Waals surface area contributed by atoms with Gasteiger partial charge < -0.3 is 0 Å². The molecule has 3 aliphatic rings. The van der Waals surface area contributed by atoms with Crippen LogP contribution in [0.25, 0.3) is 110 Å². The van der Waals surface area contributed by atoms with Crippen LogP contribution in [0.3, 0.4) is 0 Å². The van der Waals surface area contributed by atoms with Gasteiger partial charge in [-0.15, -0.1) is 0 Å². The zero-order valence-corrected chi connectivity index (χ0v) is 33.5. The number of fused-ring (bicyclic) bond motifs is 9. The summed E-state index contributed by atoms with van der Waals surface area (Å²) >= 11 is 0. The molecule has 0 nitrogen and oxygen atoms in total. The molecular formula is C56H48. The molecule has 0 saturated carbocycles. The van der Waals surface area contributed by atoms with Crippen molar-refractivity contribution in [3.8, 4) is 66.8 Å². The minimum Gasteiger partial charge on any atom is -0.0991 e. The van der Waals surface area contributed by atoms with Crippen LogP contribution in [-0.4, -0.2) is 0 Å². The van der Waals surface area contributed by atoms with Gasteiger partial charge in [-0.3, -0.25) is 0 Å². The Balaban J connectivity index is 0.000000420. The number of hydrogen-bond acceptors (Lipinski definition) is 0. The number of hydrogen-bond donors (Lipinski definition) is 0. The molecule has 9 aromatic carbocycles. The first-order chi connectivity index (χ1) is 27.4. The van der Waals surface area contributed by atoms with Crippen molar-refractivity contribution < 1.29 is 0 Å². The zero-order chi connectivity index (χ0) is 38.9. The summed E-state index contributed by atoms with van der Waals surface area (Å²) in [6.07, 6.45) is 4.53. The van der Waals surface area contributed by atoms with Crippen LogP contribution in [0, 0.1) is 0 Å². The SMILES string of the molecule is C=CC=C.CC.CC1(C)c2ccccc2-c2cc3c(cc21)-c1ccc2ccc4c(-c5ccc6c7c(cccc57)-c5ccccc5-6)ccc5cc-3c1c2c54.CCC. The highest BCUT2D eigenvalue weighted by Gasteiger charge is 2.37. The molecule has 9 aromatic rings. The summed E-state index contributed by atoms with van der Waals surface area (Å²) in [5, 5.41) is 10.9. The molecule has 0 N–H and O–H groups in total. The van der Waals surface area contributed by atoms with Gasteiger partial charge in [0.05, 0.1) is 0 Å². The van der Waals surface area contributed by atoms with Crippen molar-refractivity contribution >= 4 is 43.1 Å². The standard InChI is InChI=1S/C47H28.C4H6.C3H8.C2H6/c1-47(2)41-13-6-5-10-31(41)39-23-37-38(24-42(39)47)36-19-15-25-14-18-34-29(17-16-26-22-40(37)46(36)44(25)43(26)34)30-20-21-35-28-9-4-3-8-27(28)32-11-7-12-33(30)45(32)35;1-3-4-2;1-3-2;1-2/h3-24H,1-2H3;3-4H,1-2H2;3H2,1-2H3;1-2H3. The molecule has 0 heterocycles. The summed E-state index contributed by atoms with van der Waals surface area (Å²) in [4.78, 5) is 0. The molecule has 0 spiro atoms. The molecule has 0 fully saturated rings. The fourth-order valence-electron chi connectivity index (χ4n) is 9.82. The predicted octanol–water partition coefficient (Wildman–Crippen LogP) is 16.8. The monoisotopic (exact) mass is 720 g/mol. The van der Waals surface area contributed by atoms with E-state index in [-0.39, 0.29) is 5.41 Å². The van der Waals surface area contributed by atoms with Crippen LogP contribution in [0.1, 0.15) is 59.1 Å². The molecule has 0 aromatic heterocycles. The summed E-state index contributed by atoms with van der Waals surface area (Å²) < 4.78 is 0. The Bertz CT molecular complexity index is 3000. The number of allylic oxidation sites excluding steroid dienone is 2. The fourth-order valence-corrected chi connectivity index (χ4v) is 9.82. The predicted molar refractivity (Wildman–Crippen MR) is 247 cm³/mol. The Labute approximate surface area is 331 Å². The van der Waals surface area contributed by atoms with Gasteiger partial charge in [-0.2, -0.15) is 0 Å². The molecule has 3 aliphatic carbocycles. The topological polar surface area (TPSA) is 0 Å². The Morgan fingerprint density at radius 1 is 0.393 bits per heavy atom. The van der Waals surface area contributed by atoms with E-state index in [9.17, 15) is 0 Å². The average Bonchev–Trinajstić information content (AvgIpc) is 3.82. The van der Waals surface area contributed by atoms with E-state index in [0.717, 1.165) is 0 Å². The second-order valence-corrected chi connectivity index (χ2v) is 15.6. The van der Waals surface area contributed by atoms with Crippen molar-refractivity contribution in [3.63, 3.8) is 0 Å². The van der Waals surface area contributed by atoms with Crippen molar-refractivity contribution in [1.29, 1.82) is 0 Å². The first kappa shape index (κ1) is 35.5. The average molecular weight is 721 g/mol. The second kappa shape index (κ2) is 13.5. The summed E-state index contributed by atoms with van der Waals surface area (Å²) in [6.45, 7) is 19.7. The van der Waals surface area contributed by atoms with Crippen molar-refractivity contribution in [3.05, 3.63) is 170 Å². The van der Waals surface area contributed by atoms with Crippen LogP contribution in [0.5, 0.6) is 0 Å². The molecule has 0 amide bonds. The van der Waals surface area contributed by atoms with E-state index < -0.39 is 0 Å².